The molecule has 26 heavy (non-hydrogen) atoms. The Labute approximate surface area is 158 Å². The van der Waals surface area contributed by atoms with Gasteiger partial charge in [0.2, 0.25) is 5.91 Å². The Morgan fingerprint density at radius 3 is 2.81 bits per heavy atom. The topological polar surface area (TPSA) is 88.1 Å². The summed E-state index contributed by atoms with van der Waals surface area (Å²) in [6.45, 7) is 2.70. The number of rotatable bonds is 5. The first-order valence-electron chi connectivity index (χ1n) is 8.24. The average Bonchev–Trinajstić information content (AvgIpc) is 3.26. The highest BCUT2D eigenvalue weighted by Crippen LogP contribution is 2.22. The molecule has 9 heteroatoms. The van der Waals surface area contributed by atoms with Crippen molar-refractivity contribution in [3.05, 3.63) is 53.4 Å². The van der Waals surface area contributed by atoms with Crippen LogP contribution in [0.1, 0.15) is 29.5 Å². The molecule has 0 aromatic carbocycles. The molecule has 0 aliphatic carbocycles. The highest BCUT2D eigenvalue weighted by Gasteiger charge is 2.24. The zero-order valence-corrected chi connectivity index (χ0v) is 15.8. The van der Waals surface area contributed by atoms with E-state index in [2.05, 4.69) is 0 Å². The second-order valence-corrected chi connectivity index (χ2v) is 7.78. The van der Waals surface area contributed by atoms with Crippen molar-refractivity contribution in [1.29, 1.82) is 5.26 Å². The molecule has 2 aromatic heterocycles. The number of nitrogens with zero attached hydrogens (tertiary/aromatic N) is 4. The van der Waals surface area contributed by atoms with E-state index in [1.54, 1.807) is 11.0 Å². The number of nitriles is 1. The van der Waals surface area contributed by atoms with Crippen LogP contribution in [0.25, 0.3) is 0 Å². The number of carbonyl (C=O) groups is 1. The van der Waals surface area contributed by atoms with E-state index in [1.807, 2.05) is 19.1 Å². The van der Waals surface area contributed by atoms with Crippen molar-refractivity contribution < 1.29 is 4.79 Å². The zero-order chi connectivity index (χ0) is 18.8. The summed E-state index contributed by atoms with van der Waals surface area (Å²) >= 11 is 7.30. The van der Waals surface area contributed by atoms with E-state index < -0.39 is 11.2 Å². The summed E-state index contributed by atoms with van der Waals surface area (Å²) in [4.78, 5) is 40.3. The minimum absolute atomic E-state index is 0.0389. The van der Waals surface area contributed by atoms with E-state index in [9.17, 15) is 19.6 Å². The fraction of sp³-hybridized carbons (Fsp3) is 0.412. The van der Waals surface area contributed by atoms with Gasteiger partial charge in [0.1, 0.15) is 18.2 Å². The SMILES string of the molecule is CCN(Cc1ccc(Cl)s1)C(=O)Cn1c(=O)c(C#N)c2n(c1=O)CCC2. The maximum Gasteiger partial charge on any atom is 0.331 e. The number of amides is 1. The van der Waals surface area contributed by atoms with Crippen LogP contribution in [0.15, 0.2) is 21.7 Å². The van der Waals surface area contributed by atoms with E-state index in [4.69, 9.17) is 11.6 Å². The molecule has 0 radical (unpaired) electrons. The van der Waals surface area contributed by atoms with Gasteiger partial charge < -0.3 is 4.90 Å². The van der Waals surface area contributed by atoms with Crippen molar-refractivity contribution in [1.82, 2.24) is 14.0 Å². The number of aromatic nitrogens is 2. The molecule has 3 rings (SSSR count). The maximum atomic E-state index is 12.7. The number of thiophene rings is 1. The monoisotopic (exact) mass is 392 g/mol. The Kier molecular flexibility index (Phi) is 5.30. The van der Waals surface area contributed by atoms with Gasteiger partial charge in [-0.25, -0.2) is 9.36 Å². The first kappa shape index (κ1) is 18.4. The van der Waals surface area contributed by atoms with Gasteiger partial charge in [0, 0.05) is 23.7 Å². The van der Waals surface area contributed by atoms with E-state index in [0.29, 0.717) is 42.5 Å². The molecule has 0 unspecified atom stereocenters. The second kappa shape index (κ2) is 7.48. The summed E-state index contributed by atoms with van der Waals surface area (Å²) in [5, 5.41) is 9.30. The van der Waals surface area contributed by atoms with Crippen LogP contribution in [-0.2, 0) is 30.8 Å². The van der Waals surface area contributed by atoms with Crippen molar-refractivity contribution in [2.24, 2.45) is 0 Å². The van der Waals surface area contributed by atoms with Gasteiger partial charge in [-0.1, -0.05) is 11.6 Å². The molecule has 1 amide bonds. The van der Waals surface area contributed by atoms with E-state index >= 15 is 0 Å². The van der Waals surface area contributed by atoms with Crippen LogP contribution in [0.2, 0.25) is 4.34 Å². The van der Waals surface area contributed by atoms with Crippen LogP contribution in [-0.4, -0.2) is 26.5 Å². The van der Waals surface area contributed by atoms with Gasteiger partial charge in [0.05, 0.1) is 10.9 Å². The molecule has 0 fully saturated rings. The molecule has 0 spiro atoms. The highest BCUT2D eigenvalue weighted by molar-refractivity contribution is 7.16. The Bertz CT molecular complexity index is 1010. The molecule has 0 saturated carbocycles. The fourth-order valence-electron chi connectivity index (χ4n) is 3.12. The van der Waals surface area contributed by atoms with Gasteiger partial charge in [-0.2, -0.15) is 5.26 Å². The summed E-state index contributed by atoms with van der Waals surface area (Å²) in [5.41, 5.74) is -0.769. The van der Waals surface area contributed by atoms with E-state index in [1.165, 1.54) is 15.9 Å². The molecule has 2 aromatic rings. The lowest BCUT2D eigenvalue weighted by Gasteiger charge is -2.21. The van der Waals surface area contributed by atoms with Gasteiger partial charge in [0.15, 0.2) is 0 Å². The van der Waals surface area contributed by atoms with Crippen molar-refractivity contribution >= 4 is 28.8 Å². The van der Waals surface area contributed by atoms with Gasteiger partial charge in [0.25, 0.3) is 5.56 Å². The largest absolute Gasteiger partial charge is 0.336 e. The zero-order valence-electron chi connectivity index (χ0n) is 14.2. The smallest absolute Gasteiger partial charge is 0.331 e. The molecular formula is C17H17ClN4O3S. The number of carbonyl (C=O) groups excluding carboxylic acids is 1. The molecular weight excluding hydrogens is 376 g/mol. The third-order valence-corrected chi connectivity index (χ3v) is 5.66. The summed E-state index contributed by atoms with van der Waals surface area (Å²) in [7, 11) is 0. The highest BCUT2D eigenvalue weighted by atomic mass is 35.5. The normalized spacial score (nSPS) is 12.7. The molecule has 1 aliphatic heterocycles. The Morgan fingerprint density at radius 1 is 1.42 bits per heavy atom. The summed E-state index contributed by atoms with van der Waals surface area (Å²) in [5.74, 6) is -0.348. The van der Waals surface area contributed by atoms with Crippen LogP contribution in [0, 0.1) is 11.3 Å². The lowest BCUT2D eigenvalue weighted by atomic mass is 10.2. The van der Waals surface area contributed by atoms with Crippen LogP contribution < -0.4 is 11.2 Å². The predicted octanol–water partition coefficient (Wildman–Crippen LogP) is 1.59. The number of hydrogen-bond donors (Lipinski definition) is 0. The molecule has 7 nitrogen and oxygen atoms in total. The third kappa shape index (κ3) is 3.32. The fourth-order valence-corrected chi connectivity index (χ4v) is 4.23. The Hall–Kier alpha value is -2.37. The first-order chi connectivity index (χ1) is 12.5. The average molecular weight is 393 g/mol. The molecule has 0 bridgehead atoms. The molecule has 0 N–H and O–H groups in total. The predicted molar refractivity (Wildman–Crippen MR) is 98.4 cm³/mol. The van der Waals surface area contributed by atoms with Crippen molar-refractivity contribution in [3.63, 3.8) is 0 Å². The van der Waals surface area contributed by atoms with Gasteiger partial charge >= 0.3 is 5.69 Å². The van der Waals surface area contributed by atoms with Crippen LogP contribution >= 0.6 is 22.9 Å². The van der Waals surface area contributed by atoms with E-state index in [0.717, 1.165) is 9.44 Å². The van der Waals surface area contributed by atoms with Crippen LogP contribution in [0.4, 0.5) is 0 Å². The second-order valence-electron chi connectivity index (χ2n) is 5.98. The number of likely N-dealkylation sites (N-methyl/N-ethyl adjacent to an activating group) is 1. The van der Waals surface area contributed by atoms with Crippen LogP contribution in [0.3, 0.4) is 0 Å². The molecule has 136 valence electrons. The van der Waals surface area contributed by atoms with Gasteiger partial charge in [-0.05, 0) is 31.9 Å². The van der Waals surface area contributed by atoms with Gasteiger partial charge in [-0.15, -0.1) is 11.3 Å². The summed E-state index contributed by atoms with van der Waals surface area (Å²) < 4.78 is 2.94. The molecule has 3 heterocycles. The van der Waals surface area contributed by atoms with Crippen LogP contribution in [0.5, 0.6) is 0 Å². The lowest BCUT2D eigenvalue weighted by Crippen LogP contribution is -2.45. The Balaban J connectivity index is 1.91. The number of halogens is 1. The molecule has 0 atom stereocenters. The number of fused-ring (bicyclic) bond motifs is 1. The summed E-state index contributed by atoms with van der Waals surface area (Å²) in [6, 6.07) is 5.49. The number of hydrogen-bond acceptors (Lipinski definition) is 5. The first-order valence-corrected chi connectivity index (χ1v) is 9.44. The van der Waals surface area contributed by atoms with Crippen molar-refractivity contribution in [2.75, 3.05) is 6.54 Å². The quantitative estimate of drug-likeness (QED) is 0.773. The standard InChI is InChI=1S/C17H17ClN4O3S/c1-2-20(9-11-5-6-14(18)26-11)15(23)10-22-16(24)12(8-19)13-4-3-7-21(13)17(22)25/h5-6H,2-4,7,9-10H2,1H3. The molecule has 0 saturated heterocycles. The summed E-state index contributed by atoms with van der Waals surface area (Å²) in [6.07, 6.45) is 1.24. The molecule has 1 aliphatic rings. The van der Waals surface area contributed by atoms with E-state index in [-0.39, 0.29) is 18.0 Å². The minimum Gasteiger partial charge on any atom is -0.336 e. The minimum atomic E-state index is -0.686. The third-order valence-electron chi connectivity index (χ3n) is 4.45. The van der Waals surface area contributed by atoms with Gasteiger partial charge in [-0.3, -0.25) is 14.2 Å². The lowest BCUT2D eigenvalue weighted by molar-refractivity contribution is -0.132. The Morgan fingerprint density at radius 2 is 2.19 bits per heavy atom. The van der Waals surface area contributed by atoms with Crippen molar-refractivity contribution in [3.8, 4) is 6.07 Å². The van der Waals surface area contributed by atoms with Crippen molar-refractivity contribution in [2.45, 2.75) is 39.4 Å². The maximum absolute atomic E-state index is 12.7.